The number of barbiturate groups is 1. The quantitative estimate of drug-likeness (QED) is 0.354. The number of amides is 4. The zero-order valence-corrected chi connectivity index (χ0v) is 20.8. The number of methoxy groups -OCH3 is 1. The lowest BCUT2D eigenvalue weighted by Gasteiger charge is -2.28. The fourth-order valence-electron chi connectivity index (χ4n) is 3.43. The van der Waals surface area contributed by atoms with Crippen LogP contribution in [0.15, 0.2) is 64.7 Å². The monoisotopic (exact) mass is 522 g/mol. The van der Waals surface area contributed by atoms with Crippen LogP contribution < -0.4 is 19.7 Å². The van der Waals surface area contributed by atoms with Crippen molar-refractivity contribution in [3.63, 3.8) is 0 Å². The van der Waals surface area contributed by atoms with E-state index in [9.17, 15) is 22.8 Å². The van der Waals surface area contributed by atoms with Crippen LogP contribution in [-0.2, 0) is 19.6 Å². The maximum Gasteiger partial charge on any atom is 0.335 e. The number of imide groups is 2. The van der Waals surface area contributed by atoms with Crippen molar-refractivity contribution in [2.24, 2.45) is 10.9 Å². The minimum absolute atomic E-state index is 0.0102. The number of hydrogen-bond acceptors (Lipinski definition) is 9. The zero-order valence-electron chi connectivity index (χ0n) is 20.0. The lowest BCUT2D eigenvalue weighted by atomic mass is 10.0. The fraction of sp³-hybridized carbons (Fsp3) is 0.167. The number of aliphatic imine (C=N–C) groups is 1. The highest BCUT2D eigenvalue weighted by atomic mass is 32.2. The molecule has 4 amide bonds. The van der Waals surface area contributed by atoms with E-state index in [1.54, 1.807) is 18.2 Å². The maximum absolute atomic E-state index is 13.0. The van der Waals surface area contributed by atoms with Crippen molar-refractivity contribution in [2.75, 3.05) is 16.7 Å². The fourth-order valence-corrected chi connectivity index (χ4v) is 4.44. The summed E-state index contributed by atoms with van der Waals surface area (Å²) in [5.74, 6) is -2.97. The molecule has 0 radical (unpaired) electrons. The molecule has 1 aromatic heterocycles. The van der Waals surface area contributed by atoms with E-state index in [1.807, 2.05) is 13.8 Å². The van der Waals surface area contributed by atoms with Crippen LogP contribution in [0.3, 0.4) is 0 Å². The molecule has 1 unspecified atom stereocenters. The van der Waals surface area contributed by atoms with E-state index in [1.165, 1.54) is 43.8 Å². The number of carbonyl (C=O) groups excluding carboxylic acids is 3. The van der Waals surface area contributed by atoms with E-state index in [4.69, 9.17) is 4.74 Å². The normalized spacial score (nSPS) is 16.1. The standard InChI is InChI=1S/C24H22N6O6S/c1-14-4-7-17(12-15(14)2)30-23(32)19(21(31)28-24(30)33)13-27-16-5-8-18(9-6-16)37(34,35)29-20-22(36-3)26-11-10-25-20/h4-13,19H,1-3H3,(H,25,29)(H,28,31,33). The zero-order chi connectivity index (χ0) is 26.7. The second kappa shape index (κ2) is 10.1. The van der Waals surface area contributed by atoms with Gasteiger partial charge in [-0.25, -0.2) is 28.1 Å². The van der Waals surface area contributed by atoms with E-state index < -0.39 is 33.8 Å². The number of hydrogen-bond donors (Lipinski definition) is 2. The van der Waals surface area contributed by atoms with E-state index in [0.29, 0.717) is 5.69 Å². The van der Waals surface area contributed by atoms with Crippen LogP contribution in [0.1, 0.15) is 11.1 Å². The van der Waals surface area contributed by atoms with Gasteiger partial charge in [0.15, 0.2) is 5.92 Å². The summed E-state index contributed by atoms with van der Waals surface area (Å²) < 4.78 is 32.7. The predicted octanol–water partition coefficient (Wildman–Crippen LogP) is 2.50. The molecular formula is C24H22N6O6S. The van der Waals surface area contributed by atoms with Crippen LogP contribution in [0.4, 0.5) is 22.0 Å². The first-order valence-electron chi connectivity index (χ1n) is 10.9. The first-order valence-corrected chi connectivity index (χ1v) is 12.4. The summed E-state index contributed by atoms with van der Waals surface area (Å²) in [6, 6.07) is 9.62. The number of benzene rings is 2. The molecule has 1 saturated heterocycles. The third kappa shape index (κ3) is 5.30. The van der Waals surface area contributed by atoms with Gasteiger partial charge in [0.25, 0.3) is 21.8 Å². The number of nitrogens with one attached hydrogen (secondary N) is 2. The summed E-state index contributed by atoms with van der Waals surface area (Å²) >= 11 is 0. The molecule has 1 aliphatic rings. The van der Waals surface area contributed by atoms with Gasteiger partial charge < -0.3 is 4.74 Å². The number of anilines is 2. The third-order valence-corrected chi connectivity index (χ3v) is 6.91. The second-order valence-corrected chi connectivity index (χ2v) is 9.69. The molecule has 4 rings (SSSR count). The molecule has 2 heterocycles. The van der Waals surface area contributed by atoms with E-state index in [2.05, 4.69) is 25.0 Å². The van der Waals surface area contributed by atoms with Gasteiger partial charge in [-0.3, -0.25) is 24.6 Å². The van der Waals surface area contributed by atoms with E-state index >= 15 is 0 Å². The molecule has 1 atom stereocenters. The Labute approximate surface area is 212 Å². The molecule has 0 bridgehead atoms. The maximum atomic E-state index is 13.0. The molecular weight excluding hydrogens is 500 g/mol. The molecule has 0 aliphatic carbocycles. The van der Waals surface area contributed by atoms with Gasteiger partial charge in [0.05, 0.1) is 23.4 Å². The van der Waals surface area contributed by atoms with Crippen molar-refractivity contribution in [3.8, 4) is 5.88 Å². The van der Waals surface area contributed by atoms with Crippen molar-refractivity contribution in [1.29, 1.82) is 0 Å². The van der Waals surface area contributed by atoms with E-state index in [-0.39, 0.29) is 22.3 Å². The Morgan fingerprint density at radius 1 is 1.03 bits per heavy atom. The third-order valence-electron chi connectivity index (χ3n) is 5.56. The first kappa shape index (κ1) is 25.4. The van der Waals surface area contributed by atoms with Gasteiger partial charge >= 0.3 is 6.03 Å². The van der Waals surface area contributed by atoms with Crippen LogP contribution in [0.5, 0.6) is 5.88 Å². The van der Waals surface area contributed by atoms with Crippen LogP contribution >= 0.6 is 0 Å². The number of ether oxygens (including phenoxy) is 1. The van der Waals surface area contributed by atoms with Gasteiger partial charge in [0.2, 0.25) is 11.7 Å². The average molecular weight is 523 g/mol. The van der Waals surface area contributed by atoms with Gasteiger partial charge in [0, 0.05) is 18.6 Å². The lowest BCUT2D eigenvalue weighted by molar-refractivity contribution is -0.131. The lowest BCUT2D eigenvalue weighted by Crippen LogP contribution is -2.58. The van der Waals surface area contributed by atoms with Crippen LogP contribution in [0.25, 0.3) is 0 Å². The number of aromatic nitrogens is 2. The van der Waals surface area contributed by atoms with Gasteiger partial charge in [-0.2, -0.15) is 0 Å². The molecule has 1 aliphatic heterocycles. The summed E-state index contributed by atoms with van der Waals surface area (Å²) in [6.45, 7) is 3.74. The molecule has 0 spiro atoms. The number of carbonyl (C=O) groups is 3. The smallest absolute Gasteiger partial charge is 0.335 e. The number of urea groups is 1. The van der Waals surface area contributed by atoms with E-state index in [0.717, 1.165) is 22.2 Å². The summed E-state index contributed by atoms with van der Waals surface area (Å²) in [4.78, 5) is 50.5. The van der Waals surface area contributed by atoms with Crippen molar-refractivity contribution < 1.29 is 27.5 Å². The molecule has 13 heteroatoms. The average Bonchev–Trinajstić information content (AvgIpc) is 2.86. The van der Waals surface area contributed by atoms with Crippen LogP contribution in [0, 0.1) is 19.8 Å². The predicted molar refractivity (Wildman–Crippen MR) is 134 cm³/mol. The van der Waals surface area contributed by atoms with Crippen LogP contribution in [0.2, 0.25) is 0 Å². The Balaban J connectivity index is 1.52. The highest BCUT2D eigenvalue weighted by molar-refractivity contribution is 7.92. The Bertz CT molecular complexity index is 1520. The van der Waals surface area contributed by atoms with Crippen LogP contribution in [-0.4, -0.2) is 49.6 Å². The molecule has 3 aromatic rings. The minimum Gasteiger partial charge on any atom is -0.478 e. The second-order valence-electron chi connectivity index (χ2n) is 8.01. The van der Waals surface area contributed by atoms with Gasteiger partial charge in [0.1, 0.15) is 0 Å². The Kier molecular flexibility index (Phi) is 6.98. The molecule has 37 heavy (non-hydrogen) atoms. The number of sulfonamides is 1. The minimum atomic E-state index is -4.01. The molecule has 12 nitrogen and oxygen atoms in total. The SMILES string of the molecule is COc1nccnc1NS(=O)(=O)c1ccc(N=CC2C(=O)NC(=O)N(c3ccc(C)c(C)c3)C2=O)cc1. The molecule has 190 valence electrons. The number of aryl methyl sites for hydroxylation is 2. The highest BCUT2D eigenvalue weighted by Gasteiger charge is 2.40. The van der Waals surface area contributed by atoms with Crippen molar-refractivity contribution >= 4 is 51.3 Å². The molecule has 0 saturated carbocycles. The van der Waals surface area contributed by atoms with Gasteiger partial charge in [-0.05, 0) is 61.4 Å². The van der Waals surface area contributed by atoms with Crippen molar-refractivity contribution in [2.45, 2.75) is 18.7 Å². The Morgan fingerprint density at radius 2 is 1.73 bits per heavy atom. The van der Waals surface area contributed by atoms with Gasteiger partial charge in [-0.15, -0.1) is 0 Å². The summed E-state index contributed by atoms with van der Waals surface area (Å²) in [7, 11) is -2.68. The largest absolute Gasteiger partial charge is 0.478 e. The molecule has 1 fully saturated rings. The summed E-state index contributed by atoms with van der Waals surface area (Å²) in [5.41, 5.74) is 2.48. The Hall–Kier alpha value is -4.65. The molecule has 2 N–H and O–H groups in total. The van der Waals surface area contributed by atoms with Crippen molar-refractivity contribution in [1.82, 2.24) is 15.3 Å². The van der Waals surface area contributed by atoms with Crippen molar-refractivity contribution in [3.05, 3.63) is 66.0 Å². The number of rotatable bonds is 7. The highest BCUT2D eigenvalue weighted by Crippen LogP contribution is 2.25. The van der Waals surface area contributed by atoms with Gasteiger partial charge in [-0.1, -0.05) is 6.07 Å². The first-order chi connectivity index (χ1) is 17.6. The summed E-state index contributed by atoms with van der Waals surface area (Å²) in [5, 5.41) is 2.17. The summed E-state index contributed by atoms with van der Waals surface area (Å²) in [6.07, 6.45) is 3.79. The molecule has 2 aromatic carbocycles. The Morgan fingerprint density at radius 3 is 2.41 bits per heavy atom. The topological polar surface area (TPSA) is 160 Å². The number of nitrogens with zero attached hydrogens (tertiary/aromatic N) is 4.